The van der Waals surface area contributed by atoms with Gasteiger partial charge in [-0.1, -0.05) is 0 Å². The van der Waals surface area contributed by atoms with Crippen molar-refractivity contribution in [2.24, 2.45) is 0 Å². The van der Waals surface area contributed by atoms with Gasteiger partial charge in [0.2, 0.25) is 5.91 Å². The maximum Gasteiger partial charge on any atom is 0.334 e. The summed E-state index contributed by atoms with van der Waals surface area (Å²) in [5, 5.41) is 2.27. The van der Waals surface area contributed by atoms with E-state index in [1.807, 2.05) is 6.92 Å². The number of hydrogen-bond acceptors (Lipinski definition) is 7. The first-order chi connectivity index (χ1) is 11.5. The van der Waals surface area contributed by atoms with Crippen molar-refractivity contribution in [1.82, 2.24) is 5.32 Å². The van der Waals surface area contributed by atoms with Crippen LogP contribution in [0.3, 0.4) is 0 Å². The van der Waals surface area contributed by atoms with Gasteiger partial charge in [-0.3, -0.25) is 19.5 Å². The molecule has 0 saturated carbocycles. The van der Waals surface area contributed by atoms with E-state index in [1.54, 1.807) is 13.8 Å². The van der Waals surface area contributed by atoms with Gasteiger partial charge < -0.3 is 28.7 Å². The SMILES string of the molecule is CCO[C@H]1C[C@@H](OCC)[C@@H](C)OC1(NC(=O)CP(=O)(O)O)OC(C)=O. The molecule has 1 fully saturated rings. The lowest BCUT2D eigenvalue weighted by atomic mass is 9.99. The van der Waals surface area contributed by atoms with Crippen molar-refractivity contribution in [1.29, 1.82) is 0 Å². The Morgan fingerprint density at radius 2 is 1.88 bits per heavy atom. The second kappa shape index (κ2) is 9.07. The molecule has 11 heteroatoms. The van der Waals surface area contributed by atoms with Gasteiger partial charge in [0.1, 0.15) is 12.3 Å². The molecule has 0 radical (unpaired) electrons. The van der Waals surface area contributed by atoms with E-state index in [2.05, 4.69) is 5.32 Å². The molecule has 1 rings (SSSR count). The smallest absolute Gasteiger partial charge is 0.334 e. The summed E-state index contributed by atoms with van der Waals surface area (Å²) in [7, 11) is -4.60. The molecule has 0 bridgehead atoms. The minimum Gasteiger partial charge on any atom is -0.411 e. The molecule has 4 atom stereocenters. The van der Waals surface area contributed by atoms with Crippen molar-refractivity contribution >= 4 is 19.5 Å². The maximum absolute atomic E-state index is 12.0. The fourth-order valence-electron chi connectivity index (χ4n) is 2.64. The van der Waals surface area contributed by atoms with Crippen molar-refractivity contribution in [3.63, 3.8) is 0 Å². The molecule has 146 valence electrons. The zero-order valence-corrected chi connectivity index (χ0v) is 15.7. The highest BCUT2D eigenvalue weighted by Gasteiger charge is 2.53. The number of rotatable bonds is 8. The molecule has 3 N–H and O–H groups in total. The molecule has 1 saturated heterocycles. The Hall–Kier alpha value is -1.03. The largest absolute Gasteiger partial charge is 0.411 e. The number of hydrogen-bond donors (Lipinski definition) is 3. The third-order valence-corrected chi connectivity index (χ3v) is 4.16. The second-order valence-electron chi connectivity index (χ2n) is 5.63. The minimum absolute atomic E-state index is 0.235. The van der Waals surface area contributed by atoms with Crippen molar-refractivity contribution in [2.75, 3.05) is 19.4 Å². The Balaban J connectivity index is 3.11. The summed E-state index contributed by atoms with van der Waals surface area (Å²) in [6.45, 7) is 7.00. The first-order valence-electron chi connectivity index (χ1n) is 7.99. The normalized spacial score (nSPS) is 29.9. The van der Waals surface area contributed by atoms with Gasteiger partial charge in [-0.2, -0.15) is 0 Å². The molecule has 0 aromatic rings. The summed E-state index contributed by atoms with van der Waals surface area (Å²) in [6.07, 6.45) is -2.64. The van der Waals surface area contributed by atoms with E-state index in [-0.39, 0.29) is 19.1 Å². The molecule has 1 aliphatic rings. The van der Waals surface area contributed by atoms with E-state index in [0.29, 0.717) is 6.61 Å². The van der Waals surface area contributed by atoms with E-state index in [9.17, 15) is 14.2 Å². The van der Waals surface area contributed by atoms with Crippen LogP contribution in [0.2, 0.25) is 0 Å². The van der Waals surface area contributed by atoms with Crippen LogP contribution in [0.25, 0.3) is 0 Å². The molecule has 1 aliphatic heterocycles. The first-order valence-corrected chi connectivity index (χ1v) is 9.79. The van der Waals surface area contributed by atoms with E-state index < -0.39 is 43.8 Å². The Morgan fingerprint density at radius 1 is 1.28 bits per heavy atom. The summed E-state index contributed by atoms with van der Waals surface area (Å²) in [4.78, 5) is 41.5. The fraction of sp³-hybridized carbons (Fsp3) is 0.857. The summed E-state index contributed by atoms with van der Waals surface area (Å²) < 4.78 is 33.1. The highest BCUT2D eigenvalue weighted by molar-refractivity contribution is 7.52. The molecule has 1 unspecified atom stereocenters. The van der Waals surface area contributed by atoms with Crippen LogP contribution in [-0.2, 0) is 33.1 Å². The summed E-state index contributed by atoms with van der Waals surface area (Å²) in [6, 6.07) is 0. The number of carbonyl (C=O) groups is 2. The van der Waals surface area contributed by atoms with Crippen molar-refractivity contribution < 1.29 is 42.9 Å². The third-order valence-electron chi connectivity index (χ3n) is 3.46. The number of ether oxygens (including phenoxy) is 4. The van der Waals surface area contributed by atoms with E-state index in [0.717, 1.165) is 6.92 Å². The van der Waals surface area contributed by atoms with Crippen molar-refractivity contribution in [2.45, 2.75) is 58.3 Å². The van der Waals surface area contributed by atoms with Crippen molar-refractivity contribution in [3.8, 4) is 0 Å². The molecular formula is C14H26NO9P. The van der Waals surface area contributed by atoms with Crippen LogP contribution >= 0.6 is 7.60 Å². The summed E-state index contributed by atoms with van der Waals surface area (Å²) in [5.74, 6) is -3.76. The van der Waals surface area contributed by atoms with Crippen LogP contribution in [0.5, 0.6) is 0 Å². The average Bonchev–Trinajstić information content (AvgIpc) is 2.41. The molecule has 1 heterocycles. The predicted molar refractivity (Wildman–Crippen MR) is 85.5 cm³/mol. The van der Waals surface area contributed by atoms with Gasteiger partial charge in [-0.15, -0.1) is 0 Å². The quantitative estimate of drug-likeness (QED) is 0.303. The fourth-order valence-corrected chi connectivity index (χ4v) is 3.10. The van der Waals surface area contributed by atoms with Gasteiger partial charge in [0.05, 0.1) is 12.2 Å². The number of carbonyl (C=O) groups excluding carboxylic acids is 2. The summed E-state index contributed by atoms with van der Waals surface area (Å²) >= 11 is 0. The number of nitrogens with one attached hydrogen (secondary N) is 1. The van der Waals surface area contributed by atoms with E-state index >= 15 is 0 Å². The van der Waals surface area contributed by atoms with Gasteiger partial charge in [0.25, 0.3) is 0 Å². The zero-order chi connectivity index (χ0) is 19.3. The monoisotopic (exact) mass is 383 g/mol. The lowest BCUT2D eigenvalue weighted by molar-refractivity contribution is -0.340. The van der Waals surface area contributed by atoms with Crippen molar-refractivity contribution in [3.05, 3.63) is 0 Å². The maximum atomic E-state index is 12.0. The van der Waals surface area contributed by atoms with Gasteiger partial charge in [-0.05, 0) is 20.8 Å². The second-order valence-corrected chi connectivity index (χ2v) is 7.27. The Kier molecular flexibility index (Phi) is 7.98. The van der Waals surface area contributed by atoms with E-state index in [4.69, 9.17) is 28.7 Å². The van der Waals surface area contributed by atoms with Gasteiger partial charge in [0, 0.05) is 26.6 Å². The molecule has 0 aliphatic carbocycles. The van der Waals surface area contributed by atoms with Crippen LogP contribution in [0.4, 0.5) is 0 Å². The van der Waals surface area contributed by atoms with Gasteiger partial charge in [-0.25, -0.2) is 0 Å². The number of esters is 1. The molecular weight excluding hydrogens is 357 g/mol. The Labute approximate surface area is 146 Å². The molecule has 0 aromatic heterocycles. The lowest BCUT2D eigenvalue weighted by Gasteiger charge is -2.46. The van der Waals surface area contributed by atoms with Crippen LogP contribution in [0, 0.1) is 0 Å². The van der Waals surface area contributed by atoms with Gasteiger partial charge in [0.15, 0.2) is 0 Å². The molecule has 0 spiro atoms. The standard InChI is InChI=1S/C14H26NO9P/c1-5-21-11-7-12(22-6-2)14(23-9(11)3,24-10(4)16)15-13(17)8-25(18,19)20/h9,11-12H,5-8H2,1-4H3,(H,15,17)(H2,18,19,20)/t9-,11-,12+,14?/m1/s1. The van der Waals surface area contributed by atoms with Crippen LogP contribution in [-0.4, -0.2) is 65.3 Å². The Morgan fingerprint density at radius 3 is 2.36 bits per heavy atom. The highest BCUT2D eigenvalue weighted by atomic mass is 31.2. The van der Waals surface area contributed by atoms with Crippen LogP contribution in [0.15, 0.2) is 0 Å². The topological polar surface area (TPSA) is 141 Å². The number of amides is 1. The van der Waals surface area contributed by atoms with Crippen LogP contribution in [0.1, 0.15) is 34.1 Å². The first kappa shape index (κ1) is 22.0. The third kappa shape index (κ3) is 6.65. The Bertz CT molecular complexity index is 522. The van der Waals surface area contributed by atoms with Crippen LogP contribution < -0.4 is 5.32 Å². The van der Waals surface area contributed by atoms with Gasteiger partial charge >= 0.3 is 19.5 Å². The lowest BCUT2D eigenvalue weighted by Crippen LogP contribution is -2.68. The zero-order valence-electron chi connectivity index (χ0n) is 14.8. The highest BCUT2D eigenvalue weighted by Crippen LogP contribution is 2.36. The molecule has 25 heavy (non-hydrogen) atoms. The predicted octanol–water partition coefficient (Wildman–Crippen LogP) is 0.116. The minimum atomic E-state index is -4.60. The molecule has 10 nitrogen and oxygen atoms in total. The van der Waals surface area contributed by atoms with E-state index in [1.165, 1.54) is 0 Å². The average molecular weight is 383 g/mol. The molecule has 1 amide bonds. The molecule has 0 aromatic carbocycles. The summed E-state index contributed by atoms with van der Waals surface area (Å²) in [5.41, 5.74) is 0.